The minimum atomic E-state index is -0.990. The summed E-state index contributed by atoms with van der Waals surface area (Å²) in [7, 11) is 1.70. The number of carbonyl (C=O) groups is 1. The van der Waals surface area contributed by atoms with Gasteiger partial charge >= 0.3 is 0 Å². The molecule has 1 N–H and O–H groups in total. The molecule has 1 aliphatic rings. The maximum atomic E-state index is 13.1. The average Bonchev–Trinajstić information content (AvgIpc) is 2.41. The molecule has 1 heterocycles. The molecule has 0 radical (unpaired) electrons. The molecule has 18 heavy (non-hydrogen) atoms. The Balaban J connectivity index is 2.11. The van der Waals surface area contributed by atoms with E-state index in [9.17, 15) is 13.6 Å². The number of rotatable bonds is 2. The van der Waals surface area contributed by atoms with Crippen LogP contribution in [0.2, 0.25) is 0 Å². The van der Waals surface area contributed by atoms with Crippen molar-refractivity contribution in [1.29, 1.82) is 0 Å². The van der Waals surface area contributed by atoms with Crippen molar-refractivity contribution in [3.8, 4) is 0 Å². The molecule has 1 amide bonds. The molecule has 0 aliphatic carbocycles. The Morgan fingerprint density at radius 3 is 2.78 bits per heavy atom. The lowest BCUT2D eigenvalue weighted by atomic mass is 10.1. The van der Waals surface area contributed by atoms with E-state index in [0.29, 0.717) is 0 Å². The first-order chi connectivity index (χ1) is 8.59. The van der Waals surface area contributed by atoms with Crippen molar-refractivity contribution in [2.24, 2.45) is 0 Å². The number of carbonyl (C=O) groups excluding carboxylic acids is 1. The summed E-state index contributed by atoms with van der Waals surface area (Å²) in [4.78, 5) is 13.7. The van der Waals surface area contributed by atoms with Gasteiger partial charge in [0, 0.05) is 25.2 Å². The molecular weight excluding hydrogens is 238 g/mol. The number of nitrogens with one attached hydrogen (secondary N) is 1. The summed E-state index contributed by atoms with van der Waals surface area (Å²) < 4.78 is 25.9. The monoisotopic (exact) mass is 254 g/mol. The molecule has 1 saturated heterocycles. The predicted molar refractivity (Wildman–Crippen MR) is 64.3 cm³/mol. The number of likely N-dealkylation sites (N-methyl/N-ethyl adjacent to an activating group) is 1. The number of halogens is 2. The minimum absolute atomic E-state index is 0.111. The number of hydrogen-bond donors (Lipinski definition) is 1. The van der Waals surface area contributed by atoms with Crippen molar-refractivity contribution >= 4 is 5.91 Å². The van der Waals surface area contributed by atoms with E-state index in [1.54, 1.807) is 11.9 Å². The van der Waals surface area contributed by atoms with Crippen molar-refractivity contribution < 1.29 is 13.6 Å². The molecule has 1 fully saturated rings. The second-order valence-corrected chi connectivity index (χ2v) is 4.55. The van der Waals surface area contributed by atoms with Crippen molar-refractivity contribution in [2.45, 2.75) is 18.9 Å². The molecule has 0 aromatic heterocycles. The zero-order valence-electron chi connectivity index (χ0n) is 10.2. The zero-order chi connectivity index (χ0) is 13.1. The Morgan fingerprint density at radius 2 is 2.17 bits per heavy atom. The van der Waals surface area contributed by atoms with Crippen LogP contribution >= 0.6 is 0 Å². The van der Waals surface area contributed by atoms with Crippen LogP contribution in [-0.2, 0) is 0 Å². The summed E-state index contributed by atoms with van der Waals surface area (Å²) in [6, 6.07) is 3.35. The van der Waals surface area contributed by atoms with Crippen LogP contribution in [0.5, 0.6) is 0 Å². The lowest BCUT2D eigenvalue weighted by Gasteiger charge is -2.31. The summed E-state index contributed by atoms with van der Waals surface area (Å²) in [5.74, 6) is -2.20. The van der Waals surface area contributed by atoms with Gasteiger partial charge in [0.1, 0.15) is 0 Å². The van der Waals surface area contributed by atoms with Crippen molar-refractivity contribution in [3.63, 3.8) is 0 Å². The maximum Gasteiger partial charge on any atom is 0.253 e. The highest BCUT2D eigenvalue weighted by Crippen LogP contribution is 2.14. The van der Waals surface area contributed by atoms with Crippen molar-refractivity contribution in [2.75, 3.05) is 20.1 Å². The highest BCUT2D eigenvalue weighted by Gasteiger charge is 2.23. The summed E-state index contributed by atoms with van der Waals surface area (Å²) in [6.07, 6.45) is 1.94. The quantitative estimate of drug-likeness (QED) is 0.872. The van der Waals surface area contributed by atoms with Crippen molar-refractivity contribution in [1.82, 2.24) is 10.2 Å². The van der Waals surface area contributed by atoms with E-state index < -0.39 is 11.6 Å². The fourth-order valence-electron chi connectivity index (χ4n) is 2.16. The molecule has 0 spiro atoms. The standard InChI is InChI=1S/C13H16F2N2O/c1-17(10-3-2-6-16-8-10)13(18)9-4-5-11(14)12(15)7-9/h4-5,7,10,16H,2-3,6,8H2,1H3/t10-/m1/s1. The molecule has 0 bridgehead atoms. The molecule has 1 aliphatic heterocycles. The average molecular weight is 254 g/mol. The van der Waals surface area contributed by atoms with E-state index in [2.05, 4.69) is 5.32 Å². The highest BCUT2D eigenvalue weighted by molar-refractivity contribution is 5.94. The van der Waals surface area contributed by atoms with E-state index in [1.165, 1.54) is 6.07 Å². The van der Waals surface area contributed by atoms with Gasteiger partial charge in [-0.2, -0.15) is 0 Å². The third kappa shape index (κ3) is 2.67. The third-order valence-corrected chi connectivity index (χ3v) is 3.31. The van der Waals surface area contributed by atoms with Crippen LogP contribution in [0.25, 0.3) is 0 Å². The SMILES string of the molecule is CN(C(=O)c1ccc(F)c(F)c1)[C@@H]1CCCNC1. The van der Waals surface area contributed by atoms with Crippen LogP contribution in [-0.4, -0.2) is 37.0 Å². The first-order valence-electron chi connectivity index (χ1n) is 6.02. The van der Waals surface area contributed by atoms with E-state index >= 15 is 0 Å². The van der Waals surface area contributed by atoms with Crippen LogP contribution in [0.4, 0.5) is 8.78 Å². The van der Waals surface area contributed by atoms with Gasteiger partial charge in [-0.3, -0.25) is 4.79 Å². The Bertz CT molecular complexity index is 445. The van der Waals surface area contributed by atoms with Gasteiger partial charge in [0.15, 0.2) is 11.6 Å². The number of piperidine rings is 1. The second kappa shape index (κ2) is 5.44. The molecule has 0 unspecified atom stereocenters. The highest BCUT2D eigenvalue weighted by atomic mass is 19.2. The fourth-order valence-corrected chi connectivity index (χ4v) is 2.16. The Labute approximate surface area is 105 Å². The van der Waals surface area contributed by atoms with Gasteiger partial charge in [0.25, 0.3) is 5.91 Å². The number of nitrogens with zero attached hydrogens (tertiary/aromatic N) is 1. The van der Waals surface area contributed by atoms with E-state index in [4.69, 9.17) is 0 Å². The summed E-state index contributed by atoms with van der Waals surface area (Å²) in [5.41, 5.74) is 0.182. The van der Waals surface area contributed by atoms with Gasteiger partial charge in [-0.15, -0.1) is 0 Å². The molecule has 1 atom stereocenters. The summed E-state index contributed by atoms with van der Waals surface area (Å²) >= 11 is 0. The number of benzene rings is 1. The zero-order valence-corrected chi connectivity index (χ0v) is 10.2. The molecule has 3 nitrogen and oxygen atoms in total. The van der Waals surface area contributed by atoms with E-state index in [-0.39, 0.29) is 17.5 Å². The van der Waals surface area contributed by atoms with Gasteiger partial charge in [-0.25, -0.2) is 8.78 Å². The minimum Gasteiger partial charge on any atom is -0.337 e. The lowest BCUT2D eigenvalue weighted by Crippen LogP contribution is -2.46. The number of hydrogen-bond acceptors (Lipinski definition) is 2. The van der Waals surface area contributed by atoms with Crippen molar-refractivity contribution in [3.05, 3.63) is 35.4 Å². The fraction of sp³-hybridized carbons (Fsp3) is 0.462. The van der Waals surface area contributed by atoms with Crippen LogP contribution < -0.4 is 5.32 Å². The normalized spacial score (nSPS) is 19.6. The molecule has 2 rings (SSSR count). The smallest absolute Gasteiger partial charge is 0.253 e. The number of amides is 1. The molecule has 0 saturated carbocycles. The Hall–Kier alpha value is -1.49. The predicted octanol–water partition coefficient (Wildman–Crippen LogP) is 1.79. The first kappa shape index (κ1) is 13.0. The maximum absolute atomic E-state index is 13.1. The van der Waals surface area contributed by atoms with Gasteiger partial charge in [0.2, 0.25) is 0 Å². The van der Waals surface area contributed by atoms with Gasteiger partial charge in [0.05, 0.1) is 0 Å². The lowest BCUT2D eigenvalue weighted by molar-refractivity contribution is 0.0707. The van der Waals surface area contributed by atoms with Crippen LogP contribution in [0, 0.1) is 11.6 Å². The summed E-state index contributed by atoms with van der Waals surface area (Å²) in [5, 5.41) is 3.21. The van der Waals surface area contributed by atoms with Gasteiger partial charge in [-0.05, 0) is 37.6 Å². The summed E-state index contributed by atoms with van der Waals surface area (Å²) in [6.45, 7) is 1.70. The van der Waals surface area contributed by atoms with Crippen LogP contribution in [0.3, 0.4) is 0 Å². The molecule has 5 heteroatoms. The van der Waals surface area contributed by atoms with Crippen LogP contribution in [0.15, 0.2) is 18.2 Å². The van der Waals surface area contributed by atoms with Gasteiger partial charge < -0.3 is 10.2 Å². The van der Waals surface area contributed by atoms with E-state index in [0.717, 1.165) is 38.1 Å². The van der Waals surface area contributed by atoms with Gasteiger partial charge in [-0.1, -0.05) is 0 Å². The Kier molecular flexibility index (Phi) is 3.91. The molecular formula is C13H16F2N2O. The molecule has 98 valence electrons. The van der Waals surface area contributed by atoms with Crippen LogP contribution in [0.1, 0.15) is 23.2 Å². The Morgan fingerprint density at radius 1 is 1.39 bits per heavy atom. The largest absolute Gasteiger partial charge is 0.337 e. The molecule has 1 aromatic carbocycles. The second-order valence-electron chi connectivity index (χ2n) is 4.55. The third-order valence-electron chi connectivity index (χ3n) is 3.31. The topological polar surface area (TPSA) is 32.3 Å². The molecule has 1 aromatic rings. The first-order valence-corrected chi connectivity index (χ1v) is 6.02. The van der Waals surface area contributed by atoms with E-state index in [1.807, 2.05) is 0 Å².